The number of rotatable bonds is 6. The highest BCUT2D eigenvalue weighted by molar-refractivity contribution is 5.28. The molecule has 1 aliphatic carbocycles. The van der Waals surface area contributed by atoms with E-state index in [1.54, 1.807) is 6.07 Å². The summed E-state index contributed by atoms with van der Waals surface area (Å²) in [5.41, 5.74) is 0.0283. The van der Waals surface area contributed by atoms with Gasteiger partial charge in [-0.15, -0.1) is 10.2 Å². The summed E-state index contributed by atoms with van der Waals surface area (Å²) < 4.78 is 44.4. The maximum Gasteiger partial charge on any atom is 0.416 e. The first kappa shape index (κ1) is 17.0. The Balaban J connectivity index is 1.81. The average molecular weight is 339 g/mol. The molecule has 1 aromatic carbocycles. The maximum absolute atomic E-state index is 12.9. The molecule has 0 radical (unpaired) electrons. The Morgan fingerprint density at radius 2 is 1.96 bits per heavy atom. The summed E-state index contributed by atoms with van der Waals surface area (Å²) in [7, 11) is 0. The van der Waals surface area contributed by atoms with Crippen LogP contribution in [-0.4, -0.2) is 21.1 Å². The molecule has 1 aromatic heterocycles. The Kier molecular flexibility index (Phi) is 4.62. The molecular formula is C17H20F3N3O. The second kappa shape index (κ2) is 6.55. The number of alkyl halides is 3. The number of nitrogens with zero attached hydrogens (tertiary/aromatic N) is 3. The average Bonchev–Trinajstić information content (AvgIpc) is 3.30. The van der Waals surface area contributed by atoms with Crippen LogP contribution >= 0.6 is 0 Å². The van der Waals surface area contributed by atoms with Gasteiger partial charge in [0.25, 0.3) is 0 Å². The number of hydrogen-bond donors (Lipinski definition) is 0. The normalized spacial score (nSPS) is 16.6. The van der Waals surface area contributed by atoms with Gasteiger partial charge in [0.05, 0.1) is 12.1 Å². The van der Waals surface area contributed by atoms with E-state index in [2.05, 4.69) is 15.1 Å². The molecule has 130 valence electrons. The quantitative estimate of drug-likeness (QED) is 0.783. The smallest absolute Gasteiger partial charge is 0.416 e. The van der Waals surface area contributed by atoms with E-state index in [0.717, 1.165) is 18.9 Å². The summed E-state index contributed by atoms with van der Waals surface area (Å²) in [4.78, 5) is 2.14. The fourth-order valence-electron chi connectivity index (χ4n) is 2.81. The van der Waals surface area contributed by atoms with Gasteiger partial charge in [0.15, 0.2) is 0 Å². The highest BCUT2D eigenvalue weighted by atomic mass is 19.4. The molecule has 0 amide bonds. The summed E-state index contributed by atoms with van der Waals surface area (Å²) >= 11 is 0. The van der Waals surface area contributed by atoms with Crippen LogP contribution < -0.4 is 0 Å². The summed E-state index contributed by atoms with van der Waals surface area (Å²) in [6.07, 6.45) is -1.58. The van der Waals surface area contributed by atoms with Crippen LogP contribution in [0, 0.1) is 0 Å². The molecular weight excluding hydrogens is 319 g/mol. The highest BCUT2D eigenvalue weighted by Crippen LogP contribution is 2.37. The van der Waals surface area contributed by atoms with Crippen LogP contribution in [0.5, 0.6) is 0 Å². The standard InChI is InChI=1S/C17H20F3N3O/c1-3-15-21-22-16(24-15)10-23(14-7-8-14)11(2)12-5-4-6-13(9-12)17(18,19)20/h4-6,9,11,14H,3,7-8,10H2,1-2H3/t11-/m0/s1. The van der Waals surface area contributed by atoms with Crippen molar-refractivity contribution in [2.24, 2.45) is 0 Å². The van der Waals surface area contributed by atoms with Gasteiger partial charge in [-0.1, -0.05) is 19.1 Å². The molecule has 0 aliphatic heterocycles. The third kappa shape index (κ3) is 3.77. The van der Waals surface area contributed by atoms with Gasteiger partial charge in [0.1, 0.15) is 0 Å². The molecule has 0 bridgehead atoms. The van der Waals surface area contributed by atoms with Crippen molar-refractivity contribution in [3.8, 4) is 0 Å². The Morgan fingerprint density at radius 1 is 1.25 bits per heavy atom. The molecule has 4 nitrogen and oxygen atoms in total. The molecule has 24 heavy (non-hydrogen) atoms. The highest BCUT2D eigenvalue weighted by Gasteiger charge is 2.35. The van der Waals surface area contributed by atoms with E-state index in [1.165, 1.54) is 12.1 Å². The van der Waals surface area contributed by atoms with Crippen molar-refractivity contribution in [2.45, 2.75) is 57.9 Å². The zero-order chi connectivity index (χ0) is 17.3. The zero-order valence-electron chi connectivity index (χ0n) is 13.7. The van der Waals surface area contributed by atoms with Gasteiger partial charge in [-0.3, -0.25) is 4.90 Å². The maximum atomic E-state index is 12.9. The van der Waals surface area contributed by atoms with Crippen LogP contribution in [0.4, 0.5) is 13.2 Å². The fraction of sp³-hybridized carbons (Fsp3) is 0.529. The number of aromatic nitrogens is 2. The molecule has 1 saturated carbocycles. The Labute approximate surface area is 138 Å². The number of benzene rings is 1. The van der Waals surface area contributed by atoms with E-state index < -0.39 is 11.7 Å². The lowest BCUT2D eigenvalue weighted by molar-refractivity contribution is -0.137. The first-order valence-corrected chi connectivity index (χ1v) is 8.12. The SMILES string of the molecule is CCc1nnc(CN(C2CC2)[C@@H](C)c2cccc(C(F)(F)F)c2)o1. The molecule has 1 atom stereocenters. The van der Waals surface area contributed by atoms with Crippen LogP contribution in [0.15, 0.2) is 28.7 Å². The number of halogens is 3. The lowest BCUT2D eigenvalue weighted by atomic mass is 10.0. The van der Waals surface area contributed by atoms with Crippen molar-refractivity contribution < 1.29 is 17.6 Å². The van der Waals surface area contributed by atoms with Crippen molar-refractivity contribution in [3.05, 3.63) is 47.2 Å². The Bertz CT molecular complexity index is 694. The van der Waals surface area contributed by atoms with E-state index in [1.807, 2.05) is 13.8 Å². The van der Waals surface area contributed by atoms with Crippen LogP contribution in [0.3, 0.4) is 0 Å². The predicted octanol–water partition coefficient (Wildman–Crippen LogP) is 4.38. The third-order valence-electron chi connectivity index (χ3n) is 4.34. The second-order valence-electron chi connectivity index (χ2n) is 6.15. The second-order valence-corrected chi connectivity index (χ2v) is 6.15. The van der Waals surface area contributed by atoms with E-state index in [9.17, 15) is 13.2 Å². The Hall–Kier alpha value is -1.89. The van der Waals surface area contributed by atoms with E-state index in [4.69, 9.17) is 4.42 Å². The van der Waals surface area contributed by atoms with Crippen molar-refractivity contribution in [1.29, 1.82) is 0 Å². The molecule has 7 heteroatoms. The van der Waals surface area contributed by atoms with Crippen LogP contribution in [0.2, 0.25) is 0 Å². The Morgan fingerprint density at radius 3 is 2.54 bits per heavy atom. The first-order chi connectivity index (χ1) is 11.4. The van der Waals surface area contributed by atoms with Crippen molar-refractivity contribution in [1.82, 2.24) is 15.1 Å². The minimum Gasteiger partial charge on any atom is -0.424 e. The minimum atomic E-state index is -4.33. The van der Waals surface area contributed by atoms with Gasteiger partial charge in [0.2, 0.25) is 11.8 Å². The summed E-state index contributed by atoms with van der Waals surface area (Å²) in [5.74, 6) is 1.09. The van der Waals surface area contributed by atoms with Gasteiger partial charge >= 0.3 is 6.18 Å². The van der Waals surface area contributed by atoms with E-state index in [-0.39, 0.29) is 6.04 Å². The van der Waals surface area contributed by atoms with E-state index >= 15 is 0 Å². The van der Waals surface area contributed by atoms with Gasteiger partial charge < -0.3 is 4.42 Å². The summed E-state index contributed by atoms with van der Waals surface area (Å²) in [6.45, 7) is 4.31. The summed E-state index contributed by atoms with van der Waals surface area (Å²) in [6, 6.07) is 5.72. The molecule has 1 aliphatic rings. The van der Waals surface area contributed by atoms with Crippen LogP contribution in [0.1, 0.15) is 55.6 Å². The first-order valence-electron chi connectivity index (χ1n) is 8.12. The van der Waals surface area contributed by atoms with Crippen molar-refractivity contribution >= 4 is 0 Å². The molecule has 0 N–H and O–H groups in total. The lowest BCUT2D eigenvalue weighted by Crippen LogP contribution is -2.29. The molecule has 2 aromatic rings. The molecule has 1 fully saturated rings. The fourth-order valence-corrected chi connectivity index (χ4v) is 2.81. The van der Waals surface area contributed by atoms with E-state index in [0.29, 0.717) is 36.4 Å². The largest absolute Gasteiger partial charge is 0.424 e. The van der Waals surface area contributed by atoms with Crippen molar-refractivity contribution in [3.63, 3.8) is 0 Å². The molecule has 3 rings (SSSR count). The molecule has 1 heterocycles. The lowest BCUT2D eigenvalue weighted by Gasteiger charge is -2.28. The van der Waals surface area contributed by atoms with Gasteiger partial charge in [-0.05, 0) is 37.5 Å². The predicted molar refractivity (Wildman–Crippen MR) is 82.1 cm³/mol. The monoisotopic (exact) mass is 339 g/mol. The molecule has 0 unspecified atom stereocenters. The summed E-state index contributed by atoms with van der Waals surface area (Å²) in [5, 5.41) is 7.99. The topological polar surface area (TPSA) is 42.2 Å². The number of aryl methyl sites for hydroxylation is 1. The zero-order valence-corrected chi connectivity index (χ0v) is 13.7. The van der Waals surface area contributed by atoms with Gasteiger partial charge in [-0.25, -0.2) is 0 Å². The van der Waals surface area contributed by atoms with Crippen LogP contribution in [-0.2, 0) is 19.1 Å². The van der Waals surface area contributed by atoms with Gasteiger partial charge in [-0.2, -0.15) is 13.2 Å². The molecule has 0 spiro atoms. The van der Waals surface area contributed by atoms with Crippen molar-refractivity contribution in [2.75, 3.05) is 0 Å². The number of hydrogen-bond acceptors (Lipinski definition) is 4. The van der Waals surface area contributed by atoms with Crippen LogP contribution in [0.25, 0.3) is 0 Å². The third-order valence-corrected chi connectivity index (χ3v) is 4.34. The van der Waals surface area contributed by atoms with Gasteiger partial charge in [0, 0.05) is 18.5 Å². The minimum absolute atomic E-state index is 0.156. The molecule has 0 saturated heterocycles.